The summed E-state index contributed by atoms with van der Waals surface area (Å²) in [6, 6.07) is 0. The first-order valence-corrected chi connectivity index (χ1v) is 9.58. The van der Waals surface area contributed by atoms with Gasteiger partial charge >= 0.3 is 12.9 Å². The van der Waals surface area contributed by atoms with Crippen molar-refractivity contribution in [2.75, 3.05) is 32.8 Å². The van der Waals surface area contributed by atoms with E-state index in [2.05, 4.69) is 11.1 Å². The third-order valence-electron chi connectivity index (χ3n) is 1.76. The molecule has 1 unspecified atom stereocenters. The molecule has 0 spiro atoms. The SMILES string of the molecule is CNC(=O)C(C)SCCSP(=O)(OC)OC.NC(=O)O. The maximum atomic E-state index is 11.6. The number of amides is 2. The van der Waals surface area contributed by atoms with Crippen LogP contribution in [0.25, 0.3) is 0 Å². The van der Waals surface area contributed by atoms with E-state index >= 15 is 0 Å². The zero-order valence-corrected chi connectivity index (χ0v) is 14.3. The number of hydrogen-bond acceptors (Lipinski definition) is 7. The minimum Gasteiger partial charge on any atom is -0.465 e. The first kappa shape index (κ1) is 21.9. The van der Waals surface area contributed by atoms with Crippen molar-refractivity contribution in [2.24, 2.45) is 5.73 Å². The number of carbonyl (C=O) groups is 2. The summed E-state index contributed by atoms with van der Waals surface area (Å²) >= 11 is 2.65. The number of nitrogens with two attached hydrogens (primary N) is 1. The zero-order valence-electron chi connectivity index (χ0n) is 11.8. The van der Waals surface area contributed by atoms with Crippen molar-refractivity contribution in [1.29, 1.82) is 0 Å². The molecule has 2 amide bonds. The van der Waals surface area contributed by atoms with E-state index in [0.29, 0.717) is 5.75 Å². The smallest absolute Gasteiger partial charge is 0.402 e. The summed E-state index contributed by atoms with van der Waals surface area (Å²) in [5.41, 5.74) is 4.03. The molecule has 1 atom stereocenters. The Bertz CT molecular complexity index is 332. The molecule has 0 bridgehead atoms. The van der Waals surface area contributed by atoms with Gasteiger partial charge in [0.15, 0.2) is 0 Å². The van der Waals surface area contributed by atoms with Crippen molar-refractivity contribution in [1.82, 2.24) is 5.32 Å². The molecule has 20 heavy (non-hydrogen) atoms. The summed E-state index contributed by atoms with van der Waals surface area (Å²) in [7, 11) is 4.33. The summed E-state index contributed by atoms with van der Waals surface area (Å²) in [6.07, 6.45) is -1.33. The highest BCUT2D eigenvalue weighted by Crippen LogP contribution is 2.59. The van der Waals surface area contributed by atoms with Crippen LogP contribution in [0.1, 0.15) is 6.92 Å². The Morgan fingerprint density at radius 2 is 1.80 bits per heavy atom. The third-order valence-corrected chi connectivity index (χ3v) is 7.16. The van der Waals surface area contributed by atoms with E-state index in [-0.39, 0.29) is 11.2 Å². The van der Waals surface area contributed by atoms with Gasteiger partial charge in [-0.05, 0) is 18.3 Å². The van der Waals surface area contributed by atoms with E-state index in [1.165, 1.54) is 26.0 Å². The van der Waals surface area contributed by atoms with Gasteiger partial charge in [0.05, 0.1) is 5.25 Å². The predicted octanol–water partition coefficient (Wildman–Crippen LogP) is 1.61. The maximum absolute atomic E-state index is 11.6. The van der Waals surface area contributed by atoms with E-state index in [0.717, 1.165) is 17.1 Å². The molecule has 0 aromatic heterocycles. The van der Waals surface area contributed by atoms with E-state index in [4.69, 9.17) is 18.9 Å². The van der Waals surface area contributed by atoms with Crippen molar-refractivity contribution >= 4 is 41.9 Å². The molecule has 0 saturated heterocycles. The van der Waals surface area contributed by atoms with Crippen LogP contribution < -0.4 is 11.1 Å². The van der Waals surface area contributed by atoms with E-state index in [1.54, 1.807) is 7.05 Å². The molecule has 0 aliphatic rings. The molecule has 0 aliphatic carbocycles. The van der Waals surface area contributed by atoms with E-state index < -0.39 is 12.9 Å². The minimum absolute atomic E-state index is 0.00309. The molecule has 0 radical (unpaired) electrons. The third kappa shape index (κ3) is 12.6. The lowest BCUT2D eigenvalue weighted by atomic mass is 10.4. The van der Waals surface area contributed by atoms with Gasteiger partial charge in [-0.3, -0.25) is 4.79 Å². The van der Waals surface area contributed by atoms with E-state index in [9.17, 15) is 9.36 Å². The number of nitrogens with one attached hydrogen (secondary N) is 1. The van der Waals surface area contributed by atoms with Crippen LogP contribution in [0, 0.1) is 0 Å². The number of carbonyl (C=O) groups excluding carboxylic acids is 1. The van der Waals surface area contributed by atoms with Gasteiger partial charge in [0.25, 0.3) is 0 Å². The van der Waals surface area contributed by atoms with Crippen LogP contribution in [0.2, 0.25) is 0 Å². The molecule has 0 aromatic rings. The Balaban J connectivity index is 0. The maximum Gasteiger partial charge on any atom is 0.402 e. The molecular weight excluding hydrogens is 327 g/mol. The second kappa shape index (κ2) is 12.3. The number of primary amides is 1. The van der Waals surface area contributed by atoms with Crippen molar-refractivity contribution in [3.8, 4) is 0 Å². The lowest BCUT2D eigenvalue weighted by Gasteiger charge is -2.13. The summed E-state index contributed by atoms with van der Waals surface area (Å²) in [4.78, 5) is 20.0. The molecule has 0 saturated carbocycles. The molecular formula is C9H21N2O6PS2. The van der Waals surface area contributed by atoms with Crippen LogP contribution in [0.4, 0.5) is 4.79 Å². The molecule has 0 fully saturated rings. The Morgan fingerprint density at radius 3 is 2.15 bits per heavy atom. The highest BCUT2D eigenvalue weighted by Gasteiger charge is 2.21. The fourth-order valence-electron chi connectivity index (χ4n) is 0.833. The van der Waals surface area contributed by atoms with Gasteiger partial charge in [-0.15, -0.1) is 11.8 Å². The standard InChI is InChI=1S/C8H18NO4PS2.CH3NO2/c1-7(8(10)9-2)15-5-6-16-14(11,12-3)13-4;2-1(3)4/h7H,5-6H2,1-4H3,(H,9,10);2H2,(H,3,4). The Labute approximate surface area is 126 Å². The molecule has 0 rings (SSSR count). The Kier molecular flexibility index (Phi) is 13.5. The molecule has 4 N–H and O–H groups in total. The molecule has 11 heteroatoms. The lowest BCUT2D eigenvalue weighted by molar-refractivity contribution is -0.119. The topological polar surface area (TPSA) is 128 Å². The van der Waals surface area contributed by atoms with Gasteiger partial charge in [-0.1, -0.05) is 0 Å². The van der Waals surface area contributed by atoms with Gasteiger partial charge in [-0.25, -0.2) is 9.36 Å². The molecule has 8 nitrogen and oxygen atoms in total. The fraction of sp³-hybridized carbons (Fsp3) is 0.778. The lowest BCUT2D eigenvalue weighted by Crippen LogP contribution is -2.27. The van der Waals surface area contributed by atoms with Gasteiger partial charge in [0.1, 0.15) is 0 Å². The normalized spacial score (nSPS) is 12.0. The second-order valence-corrected chi connectivity index (χ2v) is 8.97. The molecule has 120 valence electrons. The minimum atomic E-state index is -2.97. The Hall–Kier alpha value is -0.410. The van der Waals surface area contributed by atoms with Gasteiger partial charge in [-0.2, -0.15) is 0 Å². The zero-order chi connectivity index (χ0) is 16.2. The first-order valence-electron chi connectivity index (χ1n) is 5.40. The van der Waals surface area contributed by atoms with Crippen LogP contribution in [0.5, 0.6) is 0 Å². The monoisotopic (exact) mass is 348 g/mol. The summed E-state index contributed by atoms with van der Waals surface area (Å²) in [5.74, 6) is 1.33. The van der Waals surface area contributed by atoms with Crippen LogP contribution in [-0.2, 0) is 18.4 Å². The molecule has 0 aliphatic heterocycles. The van der Waals surface area contributed by atoms with Crippen molar-refractivity contribution in [2.45, 2.75) is 12.2 Å². The van der Waals surface area contributed by atoms with Crippen LogP contribution in [0.3, 0.4) is 0 Å². The predicted molar refractivity (Wildman–Crippen MR) is 82.3 cm³/mol. The number of rotatable bonds is 8. The number of thioether (sulfide) groups is 1. The largest absolute Gasteiger partial charge is 0.465 e. The quantitative estimate of drug-likeness (QED) is 0.446. The fourth-order valence-corrected chi connectivity index (χ4v) is 4.70. The van der Waals surface area contributed by atoms with Crippen LogP contribution >= 0.6 is 29.9 Å². The highest BCUT2D eigenvalue weighted by molar-refractivity contribution is 8.55. The summed E-state index contributed by atoms with van der Waals surface area (Å²) in [6.45, 7) is -1.14. The van der Waals surface area contributed by atoms with Crippen molar-refractivity contribution in [3.63, 3.8) is 0 Å². The van der Waals surface area contributed by atoms with Crippen LogP contribution in [0.15, 0.2) is 0 Å². The Morgan fingerprint density at radius 1 is 1.35 bits per heavy atom. The molecule has 0 heterocycles. The van der Waals surface area contributed by atoms with Gasteiger partial charge in [0, 0.05) is 32.8 Å². The van der Waals surface area contributed by atoms with Gasteiger partial charge < -0.3 is 25.2 Å². The van der Waals surface area contributed by atoms with E-state index in [1.807, 2.05) is 6.92 Å². The van der Waals surface area contributed by atoms with Crippen molar-refractivity contribution in [3.05, 3.63) is 0 Å². The number of carboxylic acid groups (broad SMARTS) is 1. The second-order valence-electron chi connectivity index (χ2n) is 3.11. The summed E-state index contributed by atoms with van der Waals surface area (Å²) in [5, 5.41) is 9.67. The first-order chi connectivity index (χ1) is 9.22. The highest BCUT2D eigenvalue weighted by atomic mass is 32.7. The van der Waals surface area contributed by atoms with Gasteiger partial charge in [0.2, 0.25) is 5.91 Å². The average Bonchev–Trinajstić information content (AvgIpc) is 2.41. The average molecular weight is 348 g/mol. The summed E-state index contributed by atoms with van der Waals surface area (Å²) < 4.78 is 21.2. The molecule has 0 aromatic carbocycles. The van der Waals surface area contributed by atoms with Crippen LogP contribution in [-0.4, -0.2) is 55.1 Å². The number of hydrogen-bond donors (Lipinski definition) is 3. The van der Waals surface area contributed by atoms with Crippen molar-refractivity contribution < 1.29 is 28.3 Å².